The highest BCUT2D eigenvalue weighted by Gasteiger charge is 2.32. The van der Waals surface area contributed by atoms with Crippen LogP contribution in [0, 0.1) is 11.6 Å². The molecule has 0 unspecified atom stereocenters. The molecule has 1 aromatic heterocycles. The molecule has 0 N–H and O–H groups in total. The first kappa shape index (κ1) is 16.8. The van der Waals surface area contributed by atoms with Crippen LogP contribution in [0.2, 0.25) is 0 Å². The second kappa shape index (κ2) is 6.56. The third-order valence-electron chi connectivity index (χ3n) is 5.04. The van der Waals surface area contributed by atoms with Crippen LogP contribution in [0.5, 0.6) is 0 Å². The lowest BCUT2D eigenvalue weighted by molar-refractivity contribution is 0.604. The topological polar surface area (TPSA) is 26.9 Å². The summed E-state index contributed by atoms with van der Waals surface area (Å²) in [6.45, 7) is 0. The van der Waals surface area contributed by atoms with Gasteiger partial charge in [0.05, 0.1) is 5.69 Å². The van der Waals surface area contributed by atoms with Crippen molar-refractivity contribution in [2.45, 2.75) is 31.6 Å². The van der Waals surface area contributed by atoms with Gasteiger partial charge in [0.25, 0.3) is 5.56 Å². The van der Waals surface area contributed by atoms with Crippen LogP contribution in [-0.2, 0) is 19.9 Å². The SMILES string of the molecule is Cn1c(CCc2ccc(F)cc2)c(C2CC2)c(=O)n1-c1ccc(F)cc1. The lowest BCUT2D eigenvalue weighted by Gasteiger charge is -2.11. The molecule has 1 aliphatic carbocycles. The fraction of sp³-hybridized carbons (Fsp3) is 0.286. The van der Waals surface area contributed by atoms with Gasteiger partial charge < -0.3 is 0 Å². The van der Waals surface area contributed by atoms with Gasteiger partial charge in [-0.05, 0) is 73.6 Å². The van der Waals surface area contributed by atoms with Crippen molar-refractivity contribution in [3.05, 3.63) is 87.3 Å². The van der Waals surface area contributed by atoms with Crippen LogP contribution in [0.4, 0.5) is 8.78 Å². The average molecular weight is 354 g/mol. The molecule has 0 bridgehead atoms. The number of benzene rings is 2. The zero-order valence-electron chi connectivity index (χ0n) is 14.6. The van der Waals surface area contributed by atoms with Crippen molar-refractivity contribution in [2.24, 2.45) is 7.05 Å². The molecule has 0 atom stereocenters. The lowest BCUT2D eigenvalue weighted by Crippen LogP contribution is -2.20. The predicted molar refractivity (Wildman–Crippen MR) is 96.8 cm³/mol. The van der Waals surface area contributed by atoms with Crippen molar-refractivity contribution >= 4 is 0 Å². The zero-order chi connectivity index (χ0) is 18.3. The minimum absolute atomic E-state index is 0.0179. The van der Waals surface area contributed by atoms with E-state index >= 15 is 0 Å². The van der Waals surface area contributed by atoms with Gasteiger partial charge in [-0.3, -0.25) is 9.48 Å². The van der Waals surface area contributed by atoms with E-state index in [1.54, 1.807) is 28.9 Å². The minimum atomic E-state index is -0.324. The summed E-state index contributed by atoms with van der Waals surface area (Å²) in [5.74, 6) is -0.254. The Labute approximate surface area is 150 Å². The standard InChI is InChI=1S/C21H20F2N2O/c1-24-19(13-4-14-2-7-16(22)8-3-14)20(15-5-6-15)21(26)25(24)18-11-9-17(23)10-12-18/h2-3,7-12,15H,4-6,13H2,1H3. The highest BCUT2D eigenvalue weighted by Crippen LogP contribution is 2.40. The highest BCUT2D eigenvalue weighted by atomic mass is 19.1. The maximum Gasteiger partial charge on any atom is 0.275 e. The highest BCUT2D eigenvalue weighted by molar-refractivity contribution is 5.37. The maximum absolute atomic E-state index is 13.2. The van der Waals surface area contributed by atoms with Gasteiger partial charge in [0.1, 0.15) is 11.6 Å². The fourth-order valence-electron chi connectivity index (χ4n) is 3.53. The van der Waals surface area contributed by atoms with Gasteiger partial charge in [0.15, 0.2) is 0 Å². The van der Waals surface area contributed by atoms with Crippen molar-refractivity contribution in [2.75, 3.05) is 0 Å². The van der Waals surface area contributed by atoms with Crippen LogP contribution in [0.1, 0.15) is 35.6 Å². The predicted octanol–water partition coefficient (Wildman–Crippen LogP) is 4.12. The van der Waals surface area contributed by atoms with Gasteiger partial charge >= 0.3 is 0 Å². The minimum Gasteiger partial charge on any atom is -0.285 e. The van der Waals surface area contributed by atoms with Crippen LogP contribution in [0.25, 0.3) is 5.69 Å². The summed E-state index contributed by atoms with van der Waals surface area (Å²) in [6.07, 6.45) is 3.51. The first-order chi connectivity index (χ1) is 12.5. The molecule has 0 spiro atoms. The summed E-state index contributed by atoms with van der Waals surface area (Å²) < 4.78 is 29.8. The summed E-state index contributed by atoms with van der Waals surface area (Å²) in [6, 6.07) is 12.4. The summed E-state index contributed by atoms with van der Waals surface area (Å²) >= 11 is 0. The van der Waals surface area contributed by atoms with Gasteiger partial charge in [-0.1, -0.05) is 12.1 Å². The van der Waals surface area contributed by atoms with E-state index in [0.717, 1.165) is 36.1 Å². The van der Waals surface area contributed by atoms with Crippen molar-refractivity contribution < 1.29 is 8.78 Å². The Hall–Kier alpha value is -2.69. The number of nitrogens with zero attached hydrogens (tertiary/aromatic N) is 2. The molecule has 4 rings (SSSR count). The Morgan fingerprint density at radius 2 is 1.50 bits per heavy atom. The Morgan fingerprint density at radius 3 is 2.08 bits per heavy atom. The summed E-state index contributed by atoms with van der Waals surface area (Å²) in [7, 11) is 1.87. The van der Waals surface area contributed by atoms with Crippen molar-refractivity contribution in [3.8, 4) is 5.69 Å². The quantitative estimate of drug-likeness (QED) is 0.677. The largest absolute Gasteiger partial charge is 0.285 e. The smallest absolute Gasteiger partial charge is 0.275 e. The first-order valence-electron chi connectivity index (χ1n) is 8.86. The molecule has 1 fully saturated rings. The molecule has 0 amide bonds. The van der Waals surface area contributed by atoms with Crippen LogP contribution < -0.4 is 5.56 Å². The molecule has 1 heterocycles. The molecular formula is C21H20F2N2O. The van der Waals surface area contributed by atoms with Gasteiger partial charge in [-0.15, -0.1) is 0 Å². The normalized spacial score (nSPS) is 14.0. The Morgan fingerprint density at radius 1 is 0.923 bits per heavy atom. The van der Waals surface area contributed by atoms with E-state index in [0.29, 0.717) is 18.0 Å². The van der Waals surface area contributed by atoms with Gasteiger partial charge in [-0.2, -0.15) is 0 Å². The summed E-state index contributed by atoms with van der Waals surface area (Å²) in [5, 5.41) is 0. The molecule has 3 nitrogen and oxygen atoms in total. The molecule has 26 heavy (non-hydrogen) atoms. The van der Waals surface area contributed by atoms with Crippen LogP contribution in [0.15, 0.2) is 53.3 Å². The fourth-order valence-corrected chi connectivity index (χ4v) is 3.53. The monoisotopic (exact) mass is 354 g/mol. The molecule has 134 valence electrons. The average Bonchev–Trinajstić information content (AvgIpc) is 3.42. The Bertz CT molecular complexity index is 981. The third-order valence-corrected chi connectivity index (χ3v) is 5.04. The number of rotatable bonds is 5. The summed E-state index contributed by atoms with van der Waals surface area (Å²) in [5.41, 5.74) is 3.56. The molecule has 0 saturated heterocycles. The molecule has 2 aromatic carbocycles. The van der Waals surface area contributed by atoms with E-state index in [1.807, 2.05) is 11.7 Å². The summed E-state index contributed by atoms with van der Waals surface area (Å²) in [4.78, 5) is 13.0. The van der Waals surface area contributed by atoms with Gasteiger partial charge in [0, 0.05) is 18.3 Å². The molecule has 0 aliphatic heterocycles. The van der Waals surface area contributed by atoms with E-state index in [-0.39, 0.29) is 17.2 Å². The second-order valence-electron chi connectivity index (χ2n) is 6.88. The van der Waals surface area contributed by atoms with Gasteiger partial charge in [-0.25, -0.2) is 13.5 Å². The van der Waals surface area contributed by atoms with Crippen molar-refractivity contribution in [3.63, 3.8) is 0 Å². The number of aromatic nitrogens is 2. The van der Waals surface area contributed by atoms with E-state index < -0.39 is 0 Å². The van der Waals surface area contributed by atoms with E-state index in [1.165, 1.54) is 24.3 Å². The first-order valence-corrected chi connectivity index (χ1v) is 8.86. The van der Waals surface area contributed by atoms with Crippen LogP contribution >= 0.6 is 0 Å². The number of halogens is 2. The van der Waals surface area contributed by atoms with Crippen LogP contribution in [0.3, 0.4) is 0 Å². The van der Waals surface area contributed by atoms with E-state index in [2.05, 4.69) is 0 Å². The molecule has 5 heteroatoms. The lowest BCUT2D eigenvalue weighted by atomic mass is 10.0. The van der Waals surface area contributed by atoms with E-state index in [9.17, 15) is 13.6 Å². The molecular weight excluding hydrogens is 334 g/mol. The van der Waals surface area contributed by atoms with E-state index in [4.69, 9.17) is 0 Å². The zero-order valence-corrected chi connectivity index (χ0v) is 14.6. The second-order valence-corrected chi connectivity index (χ2v) is 6.88. The van der Waals surface area contributed by atoms with Crippen LogP contribution in [-0.4, -0.2) is 9.36 Å². The van der Waals surface area contributed by atoms with Crippen molar-refractivity contribution in [1.82, 2.24) is 9.36 Å². The van der Waals surface area contributed by atoms with Gasteiger partial charge in [0.2, 0.25) is 0 Å². The Kier molecular flexibility index (Phi) is 4.23. The number of hydrogen-bond donors (Lipinski definition) is 0. The number of aryl methyl sites for hydroxylation is 1. The third kappa shape index (κ3) is 3.09. The van der Waals surface area contributed by atoms with Crippen molar-refractivity contribution in [1.29, 1.82) is 0 Å². The maximum atomic E-state index is 13.2. The Balaban J connectivity index is 1.71. The molecule has 0 radical (unpaired) electrons. The number of hydrogen-bond acceptors (Lipinski definition) is 1. The molecule has 1 saturated carbocycles. The molecule has 3 aromatic rings. The molecule has 1 aliphatic rings.